The van der Waals surface area contributed by atoms with Gasteiger partial charge in [0.15, 0.2) is 5.17 Å². The third kappa shape index (κ3) is 3.21. The van der Waals surface area contributed by atoms with Crippen LogP contribution in [-0.2, 0) is 0 Å². The lowest BCUT2D eigenvalue weighted by atomic mass is 10.3. The van der Waals surface area contributed by atoms with Crippen molar-refractivity contribution in [1.82, 2.24) is 0 Å². The smallest absolute Gasteiger partial charge is 0.158 e. The summed E-state index contributed by atoms with van der Waals surface area (Å²) in [5.74, 6) is 0. The summed E-state index contributed by atoms with van der Waals surface area (Å²) >= 11 is 10.6. The third-order valence-corrected chi connectivity index (χ3v) is 2.66. The quantitative estimate of drug-likeness (QED) is 0.632. The molecule has 0 amide bonds. The van der Waals surface area contributed by atoms with E-state index in [1.165, 1.54) is 11.8 Å². The molecular formula is C8H8BrClN2S. The van der Waals surface area contributed by atoms with Gasteiger partial charge in [0.05, 0.1) is 10.7 Å². The van der Waals surface area contributed by atoms with Crippen LogP contribution >= 0.6 is 39.3 Å². The first-order chi connectivity index (χ1) is 6.13. The normalized spacial score (nSPS) is 11.8. The molecule has 2 nitrogen and oxygen atoms in total. The number of amidine groups is 1. The second-order valence-electron chi connectivity index (χ2n) is 2.25. The van der Waals surface area contributed by atoms with Gasteiger partial charge in [0.1, 0.15) is 0 Å². The monoisotopic (exact) mass is 278 g/mol. The maximum Gasteiger partial charge on any atom is 0.158 e. The first-order valence-electron chi connectivity index (χ1n) is 3.46. The van der Waals surface area contributed by atoms with Crippen LogP contribution in [0.15, 0.2) is 27.7 Å². The molecule has 0 spiro atoms. The molecule has 0 unspecified atom stereocenters. The Hall–Kier alpha value is -0.190. The van der Waals surface area contributed by atoms with Crippen molar-refractivity contribution in [3.05, 3.63) is 27.7 Å². The highest BCUT2D eigenvalue weighted by atomic mass is 79.9. The molecule has 13 heavy (non-hydrogen) atoms. The van der Waals surface area contributed by atoms with Crippen LogP contribution in [-0.4, -0.2) is 11.4 Å². The summed E-state index contributed by atoms with van der Waals surface area (Å²) in [5, 5.41) is 1.09. The number of nitrogens with two attached hydrogens (primary N) is 1. The Bertz CT molecular complexity index is 341. The molecule has 0 aliphatic heterocycles. The highest BCUT2D eigenvalue weighted by molar-refractivity contribution is 9.10. The second kappa shape index (κ2) is 4.88. The number of thioether (sulfide) groups is 1. The Kier molecular flexibility index (Phi) is 4.09. The molecule has 1 aromatic rings. The number of hydrogen-bond donors (Lipinski definition) is 1. The average molecular weight is 280 g/mol. The van der Waals surface area contributed by atoms with Crippen LogP contribution in [0.2, 0.25) is 5.02 Å². The number of aliphatic imine (C=N–C) groups is 1. The number of rotatable bonds is 1. The van der Waals surface area contributed by atoms with E-state index in [1.807, 2.05) is 18.4 Å². The Morgan fingerprint density at radius 3 is 2.85 bits per heavy atom. The summed E-state index contributed by atoms with van der Waals surface area (Å²) in [4.78, 5) is 4.12. The van der Waals surface area contributed by atoms with Crippen LogP contribution in [0.4, 0.5) is 5.69 Å². The van der Waals surface area contributed by atoms with Crippen LogP contribution in [0.3, 0.4) is 0 Å². The van der Waals surface area contributed by atoms with Crippen molar-refractivity contribution in [3.63, 3.8) is 0 Å². The first-order valence-corrected chi connectivity index (χ1v) is 5.86. The van der Waals surface area contributed by atoms with Gasteiger partial charge in [-0.05, 0) is 24.5 Å². The second-order valence-corrected chi connectivity index (χ2v) is 4.40. The zero-order chi connectivity index (χ0) is 9.84. The molecule has 0 saturated heterocycles. The van der Waals surface area contributed by atoms with Crippen molar-refractivity contribution in [2.45, 2.75) is 0 Å². The van der Waals surface area contributed by atoms with Gasteiger partial charge in [0, 0.05) is 4.47 Å². The fourth-order valence-electron chi connectivity index (χ4n) is 0.736. The molecule has 0 bridgehead atoms. The average Bonchev–Trinajstić information content (AvgIpc) is 2.09. The summed E-state index contributed by atoms with van der Waals surface area (Å²) in [5.41, 5.74) is 6.25. The Morgan fingerprint density at radius 2 is 2.31 bits per heavy atom. The predicted molar refractivity (Wildman–Crippen MR) is 63.9 cm³/mol. The molecule has 0 aromatic heterocycles. The van der Waals surface area contributed by atoms with Crippen molar-refractivity contribution in [2.24, 2.45) is 10.7 Å². The zero-order valence-electron chi connectivity index (χ0n) is 6.92. The van der Waals surface area contributed by atoms with Crippen molar-refractivity contribution < 1.29 is 0 Å². The minimum absolute atomic E-state index is 0.504. The van der Waals surface area contributed by atoms with Crippen LogP contribution in [0.1, 0.15) is 0 Å². The topological polar surface area (TPSA) is 38.4 Å². The third-order valence-electron chi connectivity index (χ3n) is 1.35. The van der Waals surface area contributed by atoms with E-state index in [0.29, 0.717) is 15.9 Å². The molecule has 1 aromatic carbocycles. The van der Waals surface area contributed by atoms with Crippen LogP contribution in [0, 0.1) is 0 Å². The lowest BCUT2D eigenvalue weighted by molar-refractivity contribution is 1.49. The van der Waals surface area contributed by atoms with Gasteiger partial charge in [0.2, 0.25) is 0 Å². The molecule has 0 atom stereocenters. The van der Waals surface area contributed by atoms with Gasteiger partial charge in [0.25, 0.3) is 0 Å². The molecule has 0 saturated carbocycles. The minimum atomic E-state index is 0.504. The molecule has 0 aliphatic rings. The standard InChI is InChI=1S/C8H8BrClN2S/c1-13-8(11)12-7-3-2-5(9)4-6(7)10/h2-4H,1H3,(H2,11,12). The SMILES string of the molecule is CSC(N)=Nc1ccc(Br)cc1Cl. The molecule has 1 rings (SSSR count). The van der Waals surface area contributed by atoms with Gasteiger partial charge in [-0.3, -0.25) is 0 Å². The molecular weight excluding hydrogens is 272 g/mol. The van der Waals surface area contributed by atoms with Crippen LogP contribution in [0.25, 0.3) is 0 Å². The summed E-state index contributed by atoms with van der Waals surface area (Å²) in [6.07, 6.45) is 1.87. The Labute approximate surface area is 94.7 Å². The highest BCUT2D eigenvalue weighted by Crippen LogP contribution is 2.28. The van der Waals surface area contributed by atoms with E-state index in [2.05, 4.69) is 20.9 Å². The molecule has 2 N–H and O–H groups in total. The van der Waals surface area contributed by atoms with Gasteiger partial charge in [-0.2, -0.15) is 0 Å². The maximum absolute atomic E-state index is 5.93. The fraction of sp³-hybridized carbons (Fsp3) is 0.125. The van der Waals surface area contributed by atoms with Gasteiger partial charge < -0.3 is 5.73 Å². The van der Waals surface area contributed by atoms with Crippen molar-refractivity contribution in [1.29, 1.82) is 0 Å². The minimum Gasteiger partial charge on any atom is -0.378 e. The van der Waals surface area contributed by atoms with E-state index in [-0.39, 0.29) is 0 Å². The van der Waals surface area contributed by atoms with E-state index in [4.69, 9.17) is 17.3 Å². The van der Waals surface area contributed by atoms with Crippen LogP contribution < -0.4 is 5.73 Å². The number of halogens is 2. The van der Waals surface area contributed by atoms with Gasteiger partial charge in [-0.25, -0.2) is 4.99 Å². The molecule has 5 heteroatoms. The Balaban J connectivity index is 3.03. The zero-order valence-corrected chi connectivity index (χ0v) is 10.1. The lowest BCUT2D eigenvalue weighted by Gasteiger charge is -1.99. The number of nitrogens with zero attached hydrogens (tertiary/aromatic N) is 1. The summed E-state index contributed by atoms with van der Waals surface area (Å²) in [7, 11) is 0. The fourth-order valence-corrected chi connectivity index (χ4v) is 1.64. The molecule has 0 radical (unpaired) electrons. The van der Waals surface area contributed by atoms with Crippen molar-refractivity contribution >= 4 is 50.1 Å². The van der Waals surface area contributed by atoms with Gasteiger partial charge >= 0.3 is 0 Å². The molecule has 70 valence electrons. The van der Waals surface area contributed by atoms with E-state index < -0.39 is 0 Å². The summed E-state index contributed by atoms with van der Waals surface area (Å²) in [6.45, 7) is 0. The summed E-state index contributed by atoms with van der Waals surface area (Å²) < 4.78 is 0.930. The molecule has 0 heterocycles. The van der Waals surface area contributed by atoms with E-state index in [0.717, 1.165) is 4.47 Å². The van der Waals surface area contributed by atoms with Gasteiger partial charge in [-0.15, -0.1) is 0 Å². The number of hydrogen-bond acceptors (Lipinski definition) is 2. The molecule has 0 fully saturated rings. The van der Waals surface area contributed by atoms with E-state index in [1.54, 1.807) is 6.07 Å². The molecule has 0 aliphatic carbocycles. The lowest BCUT2D eigenvalue weighted by Crippen LogP contribution is -2.04. The van der Waals surface area contributed by atoms with E-state index in [9.17, 15) is 0 Å². The number of benzene rings is 1. The largest absolute Gasteiger partial charge is 0.378 e. The van der Waals surface area contributed by atoms with E-state index >= 15 is 0 Å². The van der Waals surface area contributed by atoms with Crippen molar-refractivity contribution in [2.75, 3.05) is 6.26 Å². The van der Waals surface area contributed by atoms with Gasteiger partial charge in [-0.1, -0.05) is 39.3 Å². The van der Waals surface area contributed by atoms with Crippen molar-refractivity contribution in [3.8, 4) is 0 Å². The Morgan fingerprint density at radius 1 is 1.62 bits per heavy atom. The van der Waals surface area contributed by atoms with Crippen LogP contribution in [0.5, 0.6) is 0 Å². The summed E-state index contributed by atoms with van der Waals surface area (Å²) in [6, 6.07) is 5.47. The maximum atomic E-state index is 5.93. The highest BCUT2D eigenvalue weighted by Gasteiger charge is 1.99. The first kappa shape index (κ1) is 10.9. The predicted octanol–water partition coefficient (Wildman–Crippen LogP) is 3.41.